The highest BCUT2D eigenvalue weighted by Gasteiger charge is 2.30. The number of hydrogen-bond acceptors (Lipinski definition) is 9. The van der Waals surface area contributed by atoms with Crippen LogP contribution in [0.3, 0.4) is 0 Å². The van der Waals surface area contributed by atoms with Gasteiger partial charge in [0.25, 0.3) is 11.2 Å². The van der Waals surface area contributed by atoms with Crippen molar-refractivity contribution in [2.75, 3.05) is 26.3 Å². The summed E-state index contributed by atoms with van der Waals surface area (Å²) in [6.45, 7) is 2.42. The highest BCUT2D eigenvalue weighted by atomic mass is 32.2. The second-order valence-corrected chi connectivity index (χ2v) is 8.94. The summed E-state index contributed by atoms with van der Waals surface area (Å²) in [7, 11) is -4.02. The highest BCUT2D eigenvalue weighted by Crippen LogP contribution is 2.30. The van der Waals surface area contributed by atoms with E-state index in [9.17, 15) is 23.3 Å². The molecular formula is C14H13N5O6S2. The minimum atomic E-state index is -4.02. The lowest BCUT2D eigenvalue weighted by atomic mass is 10.2. The van der Waals surface area contributed by atoms with Crippen LogP contribution in [0.1, 0.15) is 5.01 Å². The van der Waals surface area contributed by atoms with E-state index in [4.69, 9.17) is 4.74 Å². The normalized spacial score (nSPS) is 16.2. The van der Waals surface area contributed by atoms with Crippen LogP contribution in [0.5, 0.6) is 0 Å². The smallest absolute Gasteiger partial charge is 0.297 e. The first-order chi connectivity index (χ1) is 12.8. The molecule has 1 aromatic carbocycles. The third-order valence-corrected chi connectivity index (χ3v) is 6.87. The molecule has 142 valence electrons. The second kappa shape index (κ2) is 6.30. The molecule has 1 aliphatic rings. The van der Waals surface area contributed by atoms with Crippen molar-refractivity contribution in [2.24, 2.45) is 0 Å². The number of fused-ring (bicyclic) bond motifs is 3. The molecule has 1 saturated heterocycles. The summed E-state index contributed by atoms with van der Waals surface area (Å²) in [4.78, 5) is 27.1. The average Bonchev–Trinajstić information content (AvgIpc) is 3.01. The number of non-ortho nitro benzene ring substituents is 1. The summed E-state index contributed by atoms with van der Waals surface area (Å²) in [6, 6.07) is 2.09. The summed E-state index contributed by atoms with van der Waals surface area (Å²) < 4.78 is 33.3. The molecule has 27 heavy (non-hydrogen) atoms. The van der Waals surface area contributed by atoms with E-state index in [-0.39, 0.29) is 47.1 Å². The first-order valence-corrected chi connectivity index (χ1v) is 10.1. The van der Waals surface area contributed by atoms with Gasteiger partial charge in [0.15, 0.2) is 5.52 Å². The molecule has 3 aromatic rings. The molecule has 1 aliphatic heterocycles. The zero-order chi connectivity index (χ0) is 19.3. The summed E-state index contributed by atoms with van der Waals surface area (Å²) >= 11 is 1.11. The molecule has 0 atom stereocenters. The van der Waals surface area contributed by atoms with Crippen LogP contribution in [0.25, 0.3) is 15.9 Å². The third kappa shape index (κ3) is 2.88. The predicted molar refractivity (Wildman–Crippen MR) is 95.6 cm³/mol. The number of aryl methyl sites for hydroxylation is 1. The van der Waals surface area contributed by atoms with Gasteiger partial charge in [-0.1, -0.05) is 11.3 Å². The monoisotopic (exact) mass is 411 g/mol. The van der Waals surface area contributed by atoms with Gasteiger partial charge in [-0.3, -0.25) is 14.9 Å². The number of nitro benzene ring substituents is 1. The van der Waals surface area contributed by atoms with E-state index in [0.29, 0.717) is 5.01 Å². The van der Waals surface area contributed by atoms with Gasteiger partial charge < -0.3 is 4.74 Å². The van der Waals surface area contributed by atoms with Crippen LogP contribution in [0.15, 0.2) is 21.8 Å². The zero-order valence-electron chi connectivity index (χ0n) is 14.0. The summed E-state index contributed by atoms with van der Waals surface area (Å²) in [5.41, 5.74) is -1.32. The van der Waals surface area contributed by atoms with Crippen molar-refractivity contribution >= 4 is 42.9 Å². The summed E-state index contributed by atoms with van der Waals surface area (Å²) in [5, 5.41) is 16.2. The second-order valence-electron chi connectivity index (χ2n) is 5.84. The van der Waals surface area contributed by atoms with Gasteiger partial charge in [0.05, 0.1) is 28.4 Å². The molecule has 13 heteroatoms. The van der Waals surface area contributed by atoms with Gasteiger partial charge in [-0.05, 0) is 13.0 Å². The molecule has 3 heterocycles. The Labute approximate surface area is 156 Å². The number of aromatic nitrogens is 3. The summed E-state index contributed by atoms with van der Waals surface area (Å²) in [5.74, 6) is 0. The van der Waals surface area contributed by atoms with Crippen LogP contribution >= 0.6 is 11.3 Å². The van der Waals surface area contributed by atoms with Crippen molar-refractivity contribution in [3.05, 3.63) is 37.6 Å². The lowest BCUT2D eigenvalue weighted by Gasteiger charge is -2.26. The van der Waals surface area contributed by atoms with Crippen molar-refractivity contribution in [1.82, 2.24) is 18.9 Å². The molecule has 0 aliphatic carbocycles. The standard InChI is InChI=1S/C14H13N5O6S2/c1-8-16-18-12-10(13(20)15-14(18)26-8)6-9(7-11(12)19(21)22)27(23,24)17-2-4-25-5-3-17/h6-7H,2-5H2,1H3. The number of hydrogen-bond donors (Lipinski definition) is 0. The molecular weight excluding hydrogens is 398 g/mol. The van der Waals surface area contributed by atoms with Crippen molar-refractivity contribution < 1.29 is 18.1 Å². The number of nitrogens with zero attached hydrogens (tertiary/aromatic N) is 5. The number of ether oxygens (including phenoxy) is 1. The maximum Gasteiger partial charge on any atom is 0.297 e. The van der Waals surface area contributed by atoms with Crippen LogP contribution < -0.4 is 5.56 Å². The predicted octanol–water partition coefficient (Wildman–Crippen LogP) is 0.542. The van der Waals surface area contributed by atoms with Gasteiger partial charge in [0, 0.05) is 19.2 Å². The number of morpholine rings is 1. The Morgan fingerprint density at radius 3 is 2.67 bits per heavy atom. The lowest BCUT2D eigenvalue weighted by Crippen LogP contribution is -2.40. The first kappa shape index (κ1) is 17.9. The molecule has 0 radical (unpaired) electrons. The molecule has 11 nitrogen and oxygen atoms in total. The fourth-order valence-electron chi connectivity index (χ4n) is 2.95. The maximum atomic E-state index is 12.9. The van der Waals surface area contributed by atoms with E-state index in [1.54, 1.807) is 6.92 Å². The molecule has 0 spiro atoms. The number of sulfonamides is 1. The van der Waals surface area contributed by atoms with Crippen molar-refractivity contribution in [3.63, 3.8) is 0 Å². The maximum absolute atomic E-state index is 12.9. The van der Waals surface area contributed by atoms with E-state index in [0.717, 1.165) is 23.5 Å². The molecule has 1 fully saturated rings. The van der Waals surface area contributed by atoms with Crippen molar-refractivity contribution in [3.8, 4) is 0 Å². The summed E-state index contributed by atoms with van der Waals surface area (Å²) in [6.07, 6.45) is 0. The van der Waals surface area contributed by atoms with Crippen LogP contribution in [0, 0.1) is 17.0 Å². The van der Waals surface area contributed by atoms with Gasteiger partial charge in [-0.25, -0.2) is 8.42 Å². The topological polar surface area (TPSA) is 137 Å². The van der Waals surface area contributed by atoms with Gasteiger partial charge in [0.2, 0.25) is 15.0 Å². The highest BCUT2D eigenvalue weighted by molar-refractivity contribution is 7.89. The first-order valence-electron chi connectivity index (χ1n) is 7.85. The van der Waals surface area contributed by atoms with Crippen LogP contribution in [0.4, 0.5) is 5.69 Å². The van der Waals surface area contributed by atoms with Crippen LogP contribution in [-0.4, -0.2) is 58.5 Å². The number of rotatable bonds is 3. The molecule has 0 N–H and O–H groups in total. The van der Waals surface area contributed by atoms with E-state index >= 15 is 0 Å². The quantitative estimate of drug-likeness (QED) is 0.450. The van der Waals surface area contributed by atoms with E-state index in [1.165, 1.54) is 8.82 Å². The Bertz CT molecular complexity index is 1240. The lowest BCUT2D eigenvalue weighted by molar-refractivity contribution is -0.383. The Kier molecular flexibility index (Phi) is 4.18. The minimum Gasteiger partial charge on any atom is -0.379 e. The SMILES string of the molecule is Cc1nn2c(nc(=O)c3cc(S(=O)(=O)N4CCOCC4)cc([N+](=O)[O-])c32)s1. The van der Waals surface area contributed by atoms with E-state index in [2.05, 4.69) is 10.1 Å². The Balaban J connectivity index is 2.05. The molecule has 0 saturated carbocycles. The molecule has 0 unspecified atom stereocenters. The Hall–Kier alpha value is -2.48. The number of nitro groups is 1. The fourth-order valence-corrected chi connectivity index (χ4v) is 5.13. The van der Waals surface area contributed by atoms with Gasteiger partial charge in [-0.15, -0.1) is 0 Å². The van der Waals surface area contributed by atoms with Crippen molar-refractivity contribution in [1.29, 1.82) is 0 Å². The molecule has 0 amide bonds. The average molecular weight is 411 g/mol. The Morgan fingerprint density at radius 2 is 2.00 bits per heavy atom. The van der Waals surface area contributed by atoms with E-state index < -0.39 is 26.2 Å². The zero-order valence-corrected chi connectivity index (χ0v) is 15.6. The Morgan fingerprint density at radius 1 is 1.30 bits per heavy atom. The molecule has 2 aromatic heterocycles. The minimum absolute atomic E-state index is 0.0692. The molecule has 4 rings (SSSR count). The van der Waals surface area contributed by atoms with Gasteiger partial charge in [0.1, 0.15) is 5.01 Å². The van der Waals surface area contributed by atoms with Crippen LogP contribution in [-0.2, 0) is 14.8 Å². The van der Waals surface area contributed by atoms with Gasteiger partial charge >= 0.3 is 0 Å². The third-order valence-electron chi connectivity index (χ3n) is 4.17. The van der Waals surface area contributed by atoms with E-state index in [1.807, 2.05) is 0 Å². The number of benzene rings is 1. The van der Waals surface area contributed by atoms with Gasteiger partial charge in [-0.2, -0.15) is 18.9 Å². The van der Waals surface area contributed by atoms with Crippen molar-refractivity contribution in [2.45, 2.75) is 11.8 Å². The van der Waals surface area contributed by atoms with Crippen LogP contribution in [0.2, 0.25) is 0 Å². The fraction of sp³-hybridized carbons (Fsp3) is 0.357. The largest absolute Gasteiger partial charge is 0.379 e. The molecule has 0 bridgehead atoms.